The lowest BCUT2D eigenvalue weighted by atomic mass is 9.81. The zero-order valence-electron chi connectivity index (χ0n) is 7.52. The van der Waals surface area contributed by atoms with E-state index in [0.717, 1.165) is 16.8 Å². The Morgan fingerprint density at radius 3 is 2.92 bits per heavy atom. The maximum Gasteiger partial charge on any atom is 0.0257 e. The Balaban J connectivity index is 2.00. The second-order valence-electron chi connectivity index (χ2n) is 3.98. The zero-order valence-corrected chi connectivity index (χ0v) is 9.10. The lowest BCUT2D eigenvalue weighted by molar-refractivity contribution is 0.311. The van der Waals surface area contributed by atoms with Gasteiger partial charge in [-0.15, -0.1) is 0 Å². The fraction of sp³-hybridized carbons (Fsp3) is 1.00. The molecule has 2 aliphatic rings. The molecule has 0 radical (unpaired) electrons. The molecule has 1 aliphatic heterocycles. The van der Waals surface area contributed by atoms with E-state index in [1.54, 1.807) is 0 Å². The third-order valence-corrected chi connectivity index (χ3v) is 4.08. The summed E-state index contributed by atoms with van der Waals surface area (Å²) in [5, 5.41) is 0. The zero-order chi connectivity index (χ0) is 8.55. The highest BCUT2D eigenvalue weighted by Crippen LogP contribution is 2.34. The van der Waals surface area contributed by atoms with E-state index in [1.807, 2.05) is 0 Å². The fourth-order valence-electron chi connectivity index (χ4n) is 2.50. The van der Waals surface area contributed by atoms with Crippen LogP contribution in [-0.2, 0) is 0 Å². The van der Waals surface area contributed by atoms with Crippen molar-refractivity contribution in [3.8, 4) is 0 Å². The molecular formula is C9H17BrN2. The summed E-state index contributed by atoms with van der Waals surface area (Å²) < 4.78 is 0. The van der Waals surface area contributed by atoms with E-state index in [1.165, 1.54) is 25.7 Å². The molecule has 0 aromatic heterocycles. The van der Waals surface area contributed by atoms with Crippen LogP contribution in [0.15, 0.2) is 0 Å². The second kappa shape index (κ2) is 3.64. The first-order valence-corrected chi connectivity index (χ1v) is 5.88. The van der Waals surface area contributed by atoms with E-state index in [9.17, 15) is 0 Å². The Morgan fingerprint density at radius 2 is 2.17 bits per heavy atom. The number of fused-ring (bicyclic) bond motifs is 1. The van der Waals surface area contributed by atoms with Crippen LogP contribution in [0.2, 0.25) is 0 Å². The van der Waals surface area contributed by atoms with E-state index in [4.69, 9.17) is 0 Å². The minimum Gasteiger partial charge on any atom is -0.254 e. The Morgan fingerprint density at radius 1 is 1.33 bits per heavy atom. The van der Waals surface area contributed by atoms with Gasteiger partial charge in [0.15, 0.2) is 0 Å². The Labute approximate surface area is 82.6 Å². The molecule has 1 heterocycles. The van der Waals surface area contributed by atoms with E-state index in [-0.39, 0.29) is 0 Å². The molecule has 0 spiro atoms. The predicted molar refractivity (Wildman–Crippen MR) is 54.2 cm³/mol. The summed E-state index contributed by atoms with van der Waals surface area (Å²) in [4.78, 5) is 0.759. The van der Waals surface area contributed by atoms with Gasteiger partial charge >= 0.3 is 0 Å². The van der Waals surface area contributed by atoms with Gasteiger partial charge in [0.1, 0.15) is 0 Å². The van der Waals surface area contributed by atoms with Gasteiger partial charge in [0, 0.05) is 16.9 Å². The summed E-state index contributed by atoms with van der Waals surface area (Å²) >= 11 is 3.73. The molecule has 2 fully saturated rings. The van der Waals surface area contributed by atoms with Crippen molar-refractivity contribution < 1.29 is 0 Å². The van der Waals surface area contributed by atoms with Crippen LogP contribution in [0.25, 0.3) is 0 Å². The summed E-state index contributed by atoms with van der Waals surface area (Å²) in [5.74, 6) is 0.855. The minimum absolute atomic E-state index is 0.704. The topological polar surface area (TPSA) is 24.1 Å². The van der Waals surface area contributed by atoms with E-state index < -0.39 is 0 Å². The van der Waals surface area contributed by atoms with Crippen molar-refractivity contribution in [3.05, 3.63) is 0 Å². The van der Waals surface area contributed by atoms with Gasteiger partial charge in [-0.25, -0.2) is 0 Å². The highest BCUT2D eigenvalue weighted by molar-refractivity contribution is 9.09. The number of hydrogen-bond acceptors (Lipinski definition) is 2. The molecule has 0 aromatic rings. The molecule has 12 heavy (non-hydrogen) atoms. The van der Waals surface area contributed by atoms with Crippen molar-refractivity contribution in [3.63, 3.8) is 0 Å². The van der Waals surface area contributed by atoms with E-state index in [0.29, 0.717) is 6.04 Å². The molecule has 4 atom stereocenters. The van der Waals surface area contributed by atoms with Gasteiger partial charge in [0.2, 0.25) is 0 Å². The molecular weight excluding hydrogens is 216 g/mol. The molecule has 2 N–H and O–H groups in total. The molecule has 0 bridgehead atoms. The van der Waals surface area contributed by atoms with Crippen molar-refractivity contribution in [1.29, 1.82) is 0 Å². The maximum atomic E-state index is 3.73. The van der Waals surface area contributed by atoms with Gasteiger partial charge in [0.05, 0.1) is 0 Å². The van der Waals surface area contributed by atoms with Gasteiger partial charge in [-0.05, 0) is 31.6 Å². The Kier molecular flexibility index (Phi) is 2.72. The fourth-order valence-corrected chi connectivity index (χ4v) is 3.20. The highest BCUT2D eigenvalue weighted by atomic mass is 79.9. The SMILES string of the molecule is CCC1NNC2CCC(Br)CC12. The second-order valence-corrected chi connectivity index (χ2v) is 5.28. The molecule has 2 nitrogen and oxygen atoms in total. The third-order valence-electron chi connectivity index (χ3n) is 3.25. The third kappa shape index (κ3) is 1.54. The molecule has 1 saturated carbocycles. The maximum absolute atomic E-state index is 3.73. The molecule has 2 rings (SSSR count). The number of nitrogens with one attached hydrogen (secondary N) is 2. The van der Waals surface area contributed by atoms with Crippen LogP contribution in [0, 0.1) is 5.92 Å². The largest absolute Gasteiger partial charge is 0.254 e. The van der Waals surface area contributed by atoms with Crippen molar-refractivity contribution in [2.24, 2.45) is 5.92 Å². The molecule has 70 valence electrons. The summed E-state index contributed by atoms with van der Waals surface area (Å²) in [7, 11) is 0. The van der Waals surface area contributed by atoms with Crippen molar-refractivity contribution in [2.45, 2.75) is 49.5 Å². The molecule has 4 unspecified atom stereocenters. The molecule has 3 heteroatoms. The summed E-state index contributed by atoms with van der Waals surface area (Å²) in [6.07, 6.45) is 5.23. The molecule has 0 aromatic carbocycles. The Hall–Kier alpha value is 0.400. The number of hydrogen-bond donors (Lipinski definition) is 2. The van der Waals surface area contributed by atoms with Gasteiger partial charge in [-0.2, -0.15) is 0 Å². The predicted octanol–water partition coefficient (Wildman–Crippen LogP) is 1.80. The first-order valence-electron chi connectivity index (χ1n) is 4.96. The average molecular weight is 233 g/mol. The van der Waals surface area contributed by atoms with Gasteiger partial charge < -0.3 is 0 Å². The number of halogens is 1. The smallest absolute Gasteiger partial charge is 0.0257 e. The Bertz CT molecular complexity index is 157. The first kappa shape index (κ1) is 8.97. The lowest BCUT2D eigenvalue weighted by Gasteiger charge is -2.30. The van der Waals surface area contributed by atoms with Crippen LogP contribution in [-0.4, -0.2) is 16.9 Å². The van der Waals surface area contributed by atoms with Crippen LogP contribution in [0.3, 0.4) is 0 Å². The number of rotatable bonds is 1. The summed E-state index contributed by atoms with van der Waals surface area (Å²) in [6, 6.07) is 1.44. The van der Waals surface area contributed by atoms with Gasteiger partial charge in [-0.1, -0.05) is 22.9 Å². The van der Waals surface area contributed by atoms with Crippen LogP contribution in [0.1, 0.15) is 32.6 Å². The summed E-state index contributed by atoms with van der Waals surface area (Å²) in [6.45, 7) is 2.26. The highest BCUT2D eigenvalue weighted by Gasteiger charge is 2.38. The lowest BCUT2D eigenvalue weighted by Crippen LogP contribution is -2.35. The monoisotopic (exact) mass is 232 g/mol. The molecule has 1 saturated heterocycles. The molecule has 0 amide bonds. The van der Waals surface area contributed by atoms with E-state index >= 15 is 0 Å². The average Bonchev–Trinajstić information content (AvgIpc) is 2.46. The van der Waals surface area contributed by atoms with Crippen molar-refractivity contribution >= 4 is 15.9 Å². The van der Waals surface area contributed by atoms with Crippen molar-refractivity contribution in [2.75, 3.05) is 0 Å². The normalized spacial score (nSPS) is 47.5. The van der Waals surface area contributed by atoms with E-state index in [2.05, 4.69) is 33.7 Å². The molecule has 1 aliphatic carbocycles. The minimum atomic E-state index is 0.704. The summed E-state index contributed by atoms with van der Waals surface area (Å²) in [5.41, 5.74) is 6.81. The van der Waals surface area contributed by atoms with Crippen LogP contribution in [0.5, 0.6) is 0 Å². The van der Waals surface area contributed by atoms with Crippen LogP contribution in [0.4, 0.5) is 0 Å². The standard InChI is InChI=1S/C9H17BrN2/c1-2-8-7-5-6(10)3-4-9(7)12-11-8/h6-9,11-12H,2-5H2,1H3. The number of alkyl halides is 1. The van der Waals surface area contributed by atoms with Gasteiger partial charge in [0.25, 0.3) is 0 Å². The van der Waals surface area contributed by atoms with Crippen LogP contribution < -0.4 is 10.9 Å². The first-order chi connectivity index (χ1) is 5.81. The number of hydrazine groups is 1. The van der Waals surface area contributed by atoms with Crippen LogP contribution >= 0.6 is 15.9 Å². The quantitative estimate of drug-likeness (QED) is 0.675. The van der Waals surface area contributed by atoms with Crippen molar-refractivity contribution in [1.82, 2.24) is 10.9 Å². The van der Waals surface area contributed by atoms with Gasteiger partial charge in [-0.3, -0.25) is 10.9 Å².